The molecule has 1 atom stereocenters. The van der Waals surface area contributed by atoms with Gasteiger partial charge in [0.15, 0.2) is 0 Å². The molecule has 1 nitrogen and oxygen atoms in total. The number of aryl methyl sites for hydroxylation is 3. The standard InChI is InChI=1S/C14H23N/c1-4-14(15)7-5-6-13-9-8-11(2)12(3)10-13/h8-10,14H,4-7,15H2,1-3H3. The van der Waals surface area contributed by atoms with Crippen molar-refractivity contribution in [2.75, 3.05) is 0 Å². The van der Waals surface area contributed by atoms with Crippen molar-refractivity contribution in [2.24, 2.45) is 5.73 Å². The molecule has 0 fully saturated rings. The van der Waals surface area contributed by atoms with Gasteiger partial charge >= 0.3 is 0 Å². The van der Waals surface area contributed by atoms with Crippen molar-refractivity contribution in [2.45, 2.75) is 52.5 Å². The van der Waals surface area contributed by atoms with E-state index in [0.717, 1.165) is 19.3 Å². The van der Waals surface area contributed by atoms with Crippen LogP contribution < -0.4 is 5.73 Å². The zero-order valence-electron chi connectivity index (χ0n) is 10.2. The van der Waals surface area contributed by atoms with Crippen LogP contribution in [0.2, 0.25) is 0 Å². The maximum Gasteiger partial charge on any atom is 0.00363 e. The molecule has 0 amide bonds. The van der Waals surface area contributed by atoms with E-state index in [-0.39, 0.29) is 0 Å². The fourth-order valence-corrected chi connectivity index (χ4v) is 1.73. The van der Waals surface area contributed by atoms with E-state index >= 15 is 0 Å². The predicted molar refractivity (Wildman–Crippen MR) is 67.1 cm³/mol. The zero-order valence-corrected chi connectivity index (χ0v) is 10.2. The average molecular weight is 205 g/mol. The highest BCUT2D eigenvalue weighted by atomic mass is 14.6. The molecule has 1 unspecified atom stereocenters. The maximum atomic E-state index is 5.89. The normalized spacial score (nSPS) is 12.8. The topological polar surface area (TPSA) is 26.0 Å². The molecule has 2 N–H and O–H groups in total. The summed E-state index contributed by atoms with van der Waals surface area (Å²) in [5.74, 6) is 0. The molecule has 0 radical (unpaired) electrons. The van der Waals surface area contributed by atoms with E-state index < -0.39 is 0 Å². The van der Waals surface area contributed by atoms with E-state index in [2.05, 4.69) is 39.0 Å². The van der Waals surface area contributed by atoms with E-state index in [0.29, 0.717) is 6.04 Å². The second kappa shape index (κ2) is 5.92. The first-order chi connectivity index (χ1) is 7.13. The Kier molecular flexibility index (Phi) is 4.83. The van der Waals surface area contributed by atoms with E-state index in [4.69, 9.17) is 5.73 Å². The fourth-order valence-electron chi connectivity index (χ4n) is 1.73. The summed E-state index contributed by atoms with van der Waals surface area (Å²) in [6.45, 7) is 6.49. The number of hydrogen-bond donors (Lipinski definition) is 1. The molecule has 1 rings (SSSR count). The quantitative estimate of drug-likeness (QED) is 0.783. The third-order valence-corrected chi connectivity index (χ3v) is 3.14. The Labute approximate surface area is 93.7 Å². The van der Waals surface area contributed by atoms with Gasteiger partial charge < -0.3 is 5.73 Å². The minimum absolute atomic E-state index is 0.386. The number of nitrogens with two attached hydrogens (primary N) is 1. The third-order valence-electron chi connectivity index (χ3n) is 3.14. The monoisotopic (exact) mass is 205 g/mol. The molecule has 1 aromatic rings. The summed E-state index contributed by atoms with van der Waals surface area (Å²) in [6.07, 6.45) is 4.60. The van der Waals surface area contributed by atoms with Crippen LogP contribution in [0.25, 0.3) is 0 Å². The minimum Gasteiger partial charge on any atom is -0.328 e. The lowest BCUT2D eigenvalue weighted by molar-refractivity contribution is 0.568. The molecule has 0 aliphatic rings. The lowest BCUT2D eigenvalue weighted by Crippen LogP contribution is -2.18. The average Bonchev–Trinajstić information content (AvgIpc) is 2.23. The summed E-state index contributed by atoms with van der Waals surface area (Å²) in [7, 11) is 0. The van der Waals surface area contributed by atoms with Gasteiger partial charge in [-0.25, -0.2) is 0 Å². The molecule has 0 aliphatic heterocycles. The molecule has 0 saturated heterocycles. The highest BCUT2D eigenvalue weighted by Gasteiger charge is 2.00. The van der Waals surface area contributed by atoms with Gasteiger partial charge in [0, 0.05) is 6.04 Å². The molecule has 1 heteroatoms. The van der Waals surface area contributed by atoms with Crippen LogP contribution in [0.15, 0.2) is 18.2 Å². The van der Waals surface area contributed by atoms with Crippen molar-refractivity contribution in [3.05, 3.63) is 34.9 Å². The molecular weight excluding hydrogens is 182 g/mol. The van der Waals surface area contributed by atoms with Crippen LogP contribution in [-0.4, -0.2) is 6.04 Å². The SMILES string of the molecule is CCC(N)CCCc1ccc(C)c(C)c1. The zero-order chi connectivity index (χ0) is 11.3. The second-order valence-electron chi connectivity index (χ2n) is 4.48. The van der Waals surface area contributed by atoms with Crippen LogP contribution in [0.1, 0.15) is 42.9 Å². The van der Waals surface area contributed by atoms with Crippen LogP contribution in [0.3, 0.4) is 0 Å². The Morgan fingerprint density at radius 2 is 1.93 bits per heavy atom. The molecule has 0 heterocycles. The summed E-state index contributed by atoms with van der Waals surface area (Å²) >= 11 is 0. The summed E-state index contributed by atoms with van der Waals surface area (Å²) < 4.78 is 0. The highest BCUT2D eigenvalue weighted by Crippen LogP contribution is 2.12. The number of rotatable bonds is 5. The first-order valence-corrected chi connectivity index (χ1v) is 5.95. The molecule has 84 valence electrons. The Bertz CT molecular complexity index is 304. The van der Waals surface area contributed by atoms with Gasteiger partial charge in [0.1, 0.15) is 0 Å². The fraction of sp³-hybridized carbons (Fsp3) is 0.571. The van der Waals surface area contributed by atoms with E-state index in [1.165, 1.54) is 23.1 Å². The molecule has 0 aliphatic carbocycles. The van der Waals surface area contributed by atoms with Crippen LogP contribution in [0.4, 0.5) is 0 Å². The Morgan fingerprint density at radius 3 is 2.53 bits per heavy atom. The summed E-state index contributed by atoms with van der Waals surface area (Å²) in [6, 6.07) is 7.13. The molecule has 0 saturated carbocycles. The molecule has 0 aromatic heterocycles. The Morgan fingerprint density at radius 1 is 1.20 bits per heavy atom. The summed E-state index contributed by atoms with van der Waals surface area (Å²) in [5, 5.41) is 0. The van der Waals surface area contributed by atoms with Crippen LogP contribution in [0.5, 0.6) is 0 Å². The van der Waals surface area contributed by atoms with Crippen LogP contribution >= 0.6 is 0 Å². The van der Waals surface area contributed by atoms with Crippen molar-refractivity contribution in [3.8, 4) is 0 Å². The van der Waals surface area contributed by atoms with Gasteiger partial charge in [-0.3, -0.25) is 0 Å². The molecule has 15 heavy (non-hydrogen) atoms. The highest BCUT2D eigenvalue weighted by molar-refractivity contribution is 5.29. The van der Waals surface area contributed by atoms with Gasteiger partial charge in [0.05, 0.1) is 0 Å². The first-order valence-electron chi connectivity index (χ1n) is 5.95. The van der Waals surface area contributed by atoms with E-state index in [1.807, 2.05) is 0 Å². The lowest BCUT2D eigenvalue weighted by atomic mass is 10.0. The second-order valence-corrected chi connectivity index (χ2v) is 4.48. The van der Waals surface area contributed by atoms with Crippen molar-refractivity contribution in [1.82, 2.24) is 0 Å². The van der Waals surface area contributed by atoms with Gasteiger partial charge in [-0.2, -0.15) is 0 Å². The van der Waals surface area contributed by atoms with Crippen molar-refractivity contribution >= 4 is 0 Å². The predicted octanol–water partition coefficient (Wildman–Crippen LogP) is 3.36. The molecule has 0 bridgehead atoms. The molecule has 1 aromatic carbocycles. The van der Waals surface area contributed by atoms with Gasteiger partial charge in [-0.05, 0) is 56.2 Å². The smallest absolute Gasteiger partial charge is 0.00363 e. The Hall–Kier alpha value is -0.820. The molecular formula is C14H23N. The lowest BCUT2D eigenvalue weighted by Gasteiger charge is -2.09. The summed E-state index contributed by atoms with van der Waals surface area (Å²) in [5.41, 5.74) is 10.1. The maximum absolute atomic E-state index is 5.89. The third kappa shape index (κ3) is 4.05. The number of benzene rings is 1. The van der Waals surface area contributed by atoms with Crippen molar-refractivity contribution < 1.29 is 0 Å². The minimum atomic E-state index is 0.386. The van der Waals surface area contributed by atoms with Gasteiger partial charge in [-0.15, -0.1) is 0 Å². The molecule has 0 spiro atoms. The van der Waals surface area contributed by atoms with Gasteiger partial charge in [0.25, 0.3) is 0 Å². The van der Waals surface area contributed by atoms with Crippen molar-refractivity contribution in [3.63, 3.8) is 0 Å². The number of hydrogen-bond acceptors (Lipinski definition) is 1. The van der Waals surface area contributed by atoms with Crippen LogP contribution in [-0.2, 0) is 6.42 Å². The van der Waals surface area contributed by atoms with Crippen LogP contribution in [0, 0.1) is 13.8 Å². The van der Waals surface area contributed by atoms with Gasteiger partial charge in [-0.1, -0.05) is 25.1 Å². The Balaban J connectivity index is 2.41. The van der Waals surface area contributed by atoms with E-state index in [1.54, 1.807) is 0 Å². The summed E-state index contributed by atoms with van der Waals surface area (Å²) in [4.78, 5) is 0. The largest absolute Gasteiger partial charge is 0.328 e. The van der Waals surface area contributed by atoms with E-state index in [9.17, 15) is 0 Å². The first kappa shape index (κ1) is 12.3. The van der Waals surface area contributed by atoms with Gasteiger partial charge in [0.2, 0.25) is 0 Å². The van der Waals surface area contributed by atoms with Crippen molar-refractivity contribution in [1.29, 1.82) is 0 Å².